The van der Waals surface area contributed by atoms with E-state index < -0.39 is 6.04 Å². The lowest BCUT2D eigenvalue weighted by molar-refractivity contribution is -0.122. The molecule has 0 unspecified atom stereocenters. The number of nitrogens with one attached hydrogen (secondary N) is 3. The van der Waals surface area contributed by atoms with Gasteiger partial charge in [-0.25, -0.2) is 4.79 Å². The van der Waals surface area contributed by atoms with E-state index >= 15 is 0 Å². The second-order valence-electron chi connectivity index (χ2n) is 6.16. The average molecular weight is 320 g/mol. The van der Waals surface area contributed by atoms with Gasteiger partial charge in [0.2, 0.25) is 5.91 Å². The molecule has 126 valence electrons. The first kappa shape index (κ1) is 15.8. The fourth-order valence-corrected chi connectivity index (χ4v) is 3.12. The zero-order valence-electron chi connectivity index (χ0n) is 13.3. The van der Waals surface area contributed by atoms with E-state index in [4.69, 9.17) is 0 Å². The number of carbonyl (C=O) groups excluding carboxylic acids is 2. The van der Waals surface area contributed by atoms with Crippen LogP contribution in [-0.2, 0) is 24.3 Å². The molecule has 2 aliphatic heterocycles. The maximum absolute atomic E-state index is 12.0. The zero-order chi connectivity index (χ0) is 16.1. The Morgan fingerprint density at radius 1 is 1.22 bits per heavy atom. The second kappa shape index (κ2) is 7.43. The molecule has 8 nitrogen and oxygen atoms in total. The third kappa shape index (κ3) is 4.00. The molecule has 3 N–H and O–H groups in total. The quantitative estimate of drug-likeness (QED) is 0.753. The monoisotopic (exact) mass is 320 g/mol. The van der Waals surface area contributed by atoms with Crippen molar-refractivity contribution in [3.8, 4) is 0 Å². The highest BCUT2D eigenvalue weighted by molar-refractivity contribution is 5.87. The Hall–Kier alpha value is -2.12. The topological polar surface area (TPSA) is 101 Å². The van der Waals surface area contributed by atoms with Crippen LogP contribution in [0.25, 0.3) is 0 Å². The Labute approximate surface area is 135 Å². The van der Waals surface area contributed by atoms with E-state index in [2.05, 4.69) is 30.7 Å². The summed E-state index contributed by atoms with van der Waals surface area (Å²) in [6.45, 7) is 1.92. The Bertz CT molecular complexity index is 570. The summed E-state index contributed by atoms with van der Waals surface area (Å²) in [6, 6.07) is -0.786. The molecule has 1 aromatic heterocycles. The van der Waals surface area contributed by atoms with E-state index in [1.807, 2.05) is 0 Å². The molecule has 0 radical (unpaired) electrons. The van der Waals surface area contributed by atoms with Gasteiger partial charge in [0.25, 0.3) is 0 Å². The molecule has 0 saturated carbocycles. The standard InChI is InChI=1S/C15H24N6O2/c22-14-11(6-3-4-8-16-14)18-15(23)17-10-13-20-19-12-7-2-1-5-9-21(12)13/h11H,1-10H2,(H,16,22)(H2,17,18,23)/t11-/m0/s1. The third-order valence-electron chi connectivity index (χ3n) is 4.43. The highest BCUT2D eigenvalue weighted by atomic mass is 16.2. The van der Waals surface area contributed by atoms with Crippen LogP contribution in [0.3, 0.4) is 0 Å². The molecule has 0 spiro atoms. The van der Waals surface area contributed by atoms with Crippen LogP contribution in [0.1, 0.15) is 50.2 Å². The summed E-state index contributed by atoms with van der Waals surface area (Å²) < 4.78 is 2.10. The molecule has 8 heteroatoms. The van der Waals surface area contributed by atoms with Crippen LogP contribution in [0.5, 0.6) is 0 Å². The first-order valence-electron chi connectivity index (χ1n) is 8.47. The fraction of sp³-hybridized carbons (Fsp3) is 0.733. The Balaban J connectivity index is 1.53. The van der Waals surface area contributed by atoms with E-state index in [0.717, 1.165) is 50.3 Å². The molecule has 23 heavy (non-hydrogen) atoms. The Morgan fingerprint density at radius 2 is 2.13 bits per heavy atom. The smallest absolute Gasteiger partial charge is 0.315 e. The largest absolute Gasteiger partial charge is 0.354 e. The lowest BCUT2D eigenvalue weighted by Gasteiger charge is -2.15. The van der Waals surface area contributed by atoms with Crippen molar-refractivity contribution < 1.29 is 9.59 Å². The molecule has 3 rings (SSSR count). The number of amides is 3. The van der Waals surface area contributed by atoms with Gasteiger partial charge in [-0.05, 0) is 32.1 Å². The van der Waals surface area contributed by atoms with Gasteiger partial charge in [-0.1, -0.05) is 6.42 Å². The van der Waals surface area contributed by atoms with Crippen LogP contribution in [-0.4, -0.2) is 39.3 Å². The summed E-state index contributed by atoms with van der Waals surface area (Å²) in [5.41, 5.74) is 0. The molecule has 0 bridgehead atoms. The highest BCUT2D eigenvalue weighted by Crippen LogP contribution is 2.14. The number of hydrogen-bond acceptors (Lipinski definition) is 4. The molecule has 3 amide bonds. The number of aromatic nitrogens is 3. The van der Waals surface area contributed by atoms with E-state index in [1.54, 1.807) is 0 Å². The van der Waals surface area contributed by atoms with Gasteiger partial charge in [-0.15, -0.1) is 10.2 Å². The lowest BCUT2D eigenvalue weighted by atomic mass is 10.1. The minimum absolute atomic E-state index is 0.103. The summed E-state index contributed by atoms with van der Waals surface area (Å²) in [7, 11) is 0. The van der Waals surface area contributed by atoms with Crippen LogP contribution < -0.4 is 16.0 Å². The van der Waals surface area contributed by atoms with Gasteiger partial charge in [-0.3, -0.25) is 4.79 Å². The normalized spacial score (nSPS) is 21.6. The molecule has 1 fully saturated rings. The predicted molar refractivity (Wildman–Crippen MR) is 83.6 cm³/mol. The van der Waals surface area contributed by atoms with Crippen molar-refractivity contribution >= 4 is 11.9 Å². The van der Waals surface area contributed by atoms with Gasteiger partial charge >= 0.3 is 6.03 Å². The number of hydrogen-bond donors (Lipinski definition) is 3. The van der Waals surface area contributed by atoms with Crippen LogP contribution in [0, 0.1) is 0 Å². The molecule has 2 aliphatic rings. The van der Waals surface area contributed by atoms with Crippen molar-refractivity contribution in [3.05, 3.63) is 11.6 Å². The van der Waals surface area contributed by atoms with Crippen LogP contribution in [0.2, 0.25) is 0 Å². The lowest BCUT2D eigenvalue weighted by Crippen LogP contribution is -2.49. The van der Waals surface area contributed by atoms with E-state index in [1.165, 1.54) is 6.42 Å². The van der Waals surface area contributed by atoms with Crippen LogP contribution in [0.15, 0.2) is 0 Å². The molecule has 1 atom stereocenters. The van der Waals surface area contributed by atoms with Gasteiger partial charge in [-0.2, -0.15) is 0 Å². The average Bonchev–Trinajstić information content (AvgIpc) is 2.70. The Morgan fingerprint density at radius 3 is 3.04 bits per heavy atom. The summed E-state index contributed by atoms with van der Waals surface area (Å²) in [5.74, 6) is 1.68. The number of fused-ring (bicyclic) bond motifs is 1. The number of rotatable bonds is 3. The molecular weight excluding hydrogens is 296 g/mol. The Kier molecular flexibility index (Phi) is 5.09. The van der Waals surface area contributed by atoms with Gasteiger partial charge in [0, 0.05) is 19.5 Å². The molecule has 1 aromatic rings. The van der Waals surface area contributed by atoms with Gasteiger partial charge in [0.15, 0.2) is 5.82 Å². The second-order valence-corrected chi connectivity index (χ2v) is 6.16. The van der Waals surface area contributed by atoms with Gasteiger partial charge in [0.1, 0.15) is 11.9 Å². The summed E-state index contributed by atoms with van der Waals surface area (Å²) in [4.78, 5) is 23.9. The zero-order valence-corrected chi connectivity index (χ0v) is 13.3. The van der Waals surface area contributed by atoms with E-state index in [0.29, 0.717) is 19.5 Å². The van der Waals surface area contributed by atoms with E-state index in [-0.39, 0.29) is 11.9 Å². The maximum Gasteiger partial charge on any atom is 0.315 e. The first-order valence-corrected chi connectivity index (χ1v) is 8.47. The molecule has 1 saturated heterocycles. The minimum atomic E-state index is -0.451. The predicted octanol–water partition coefficient (Wildman–Crippen LogP) is 0.472. The summed E-state index contributed by atoms with van der Waals surface area (Å²) in [5, 5.41) is 16.7. The number of aryl methyl sites for hydroxylation is 1. The van der Waals surface area contributed by atoms with Crippen molar-refractivity contribution in [2.45, 2.75) is 64.1 Å². The highest BCUT2D eigenvalue weighted by Gasteiger charge is 2.22. The van der Waals surface area contributed by atoms with Crippen LogP contribution in [0.4, 0.5) is 4.79 Å². The molecule has 3 heterocycles. The van der Waals surface area contributed by atoms with Crippen molar-refractivity contribution in [1.82, 2.24) is 30.7 Å². The van der Waals surface area contributed by atoms with E-state index in [9.17, 15) is 9.59 Å². The number of urea groups is 1. The van der Waals surface area contributed by atoms with Crippen molar-refractivity contribution in [3.63, 3.8) is 0 Å². The van der Waals surface area contributed by atoms with Gasteiger partial charge in [0.05, 0.1) is 6.54 Å². The summed E-state index contributed by atoms with van der Waals surface area (Å²) >= 11 is 0. The molecule has 0 aromatic carbocycles. The molecule has 0 aliphatic carbocycles. The SMILES string of the molecule is O=C(NCc1nnc2n1CCCCC2)N[C@H]1CCCCNC1=O. The van der Waals surface area contributed by atoms with Crippen molar-refractivity contribution in [2.75, 3.05) is 6.54 Å². The first-order chi connectivity index (χ1) is 11.2. The fourth-order valence-electron chi connectivity index (χ4n) is 3.12. The number of nitrogens with zero attached hydrogens (tertiary/aromatic N) is 3. The minimum Gasteiger partial charge on any atom is -0.354 e. The molecular formula is C15H24N6O2. The van der Waals surface area contributed by atoms with Gasteiger partial charge < -0.3 is 20.5 Å². The van der Waals surface area contributed by atoms with Crippen molar-refractivity contribution in [1.29, 1.82) is 0 Å². The number of carbonyl (C=O) groups is 2. The van der Waals surface area contributed by atoms with Crippen molar-refractivity contribution in [2.24, 2.45) is 0 Å². The maximum atomic E-state index is 12.0. The van der Waals surface area contributed by atoms with Crippen LogP contribution >= 0.6 is 0 Å². The third-order valence-corrected chi connectivity index (χ3v) is 4.43. The summed E-state index contributed by atoms with van der Waals surface area (Å²) in [6.07, 6.45) is 6.97.